The van der Waals surface area contributed by atoms with E-state index in [2.05, 4.69) is 63.8 Å². The van der Waals surface area contributed by atoms with E-state index in [0.29, 0.717) is 11.7 Å². The van der Waals surface area contributed by atoms with Crippen molar-refractivity contribution in [2.45, 2.75) is 45.1 Å². The molecule has 0 bridgehead atoms. The fourth-order valence-corrected chi connectivity index (χ4v) is 5.58. The number of benzene rings is 2. The molecule has 1 unspecified atom stereocenters. The summed E-state index contributed by atoms with van der Waals surface area (Å²) in [5, 5.41) is 15.0. The lowest BCUT2D eigenvalue weighted by atomic mass is 9.89. The number of nitrogens with one attached hydrogen (secondary N) is 3. The SMILES string of the molecule is CCCC(=N)C1CCN(CCc2ccc(Nc3nccc4c3C(C=O)NC=C4c3ccccc3)cc2)CC1. The molecule has 3 aromatic rings. The van der Waals surface area contributed by atoms with Gasteiger partial charge in [-0.15, -0.1) is 0 Å². The maximum absolute atomic E-state index is 11.9. The number of piperidine rings is 1. The predicted octanol–water partition coefficient (Wildman–Crippen LogP) is 6.13. The molecule has 2 aromatic carbocycles. The van der Waals surface area contributed by atoms with Crippen molar-refractivity contribution in [2.75, 3.05) is 25.0 Å². The Morgan fingerprint density at radius 1 is 1.11 bits per heavy atom. The maximum Gasteiger partial charge on any atom is 0.146 e. The van der Waals surface area contributed by atoms with E-state index in [1.807, 2.05) is 30.5 Å². The van der Waals surface area contributed by atoms with Crippen molar-refractivity contribution < 1.29 is 4.79 Å². The number of pyridine rings is 1. The van der Waals surface area contributed by atoms with Gasteiger partial charge < -0.3 is 25.7 Å². The average Bonchev–Trinajstić information content (AvgIpc) is 2.97. The monoisotopic (exact) mass is 507 g/mol. The number of hydrogen-bond donors (Lipinski definition) is 3. The highest BCUT2D eigenvalue weighted by Crippen LogP contribution is 2.36. The molecule has 0 radical (unpaired) electrons. The van der Waals surface area contributed by atoms with Gasteiger partial charge in [-0.1, -0.05) is 55.8 Å². The Kier molecular flexibility index (Phi) is 8.29. The summed E-state index contributed by atoms with van der Waals surface area (Å²) in [5.41, 5.74) is 7.22. The molecule has 3 heterocycles. The van der Waals surface area contributed by atoms with Gasteiger partial charge in [0.05, 0.1) is 0 Å². The van der Waals surface area contributed by atoms with Crippen molar-refractivity contribution in [2.24, 2.45) is 5.92 Å². The van der Waals surface area contributed by atoms with Gasteiger partial charge in [0.25, 0.3) is 0 Å². The first-order valence-corrected chi connectivity index (χ1v) is 13.8. The van der Waals surface area contributed by atoms with Crippen molar-refractivity contribution in [1.29, 1.82) is 5.41 Å². The standard InChI is InChI=1S/C32H37N5O/c1-2-6-29(33)25-15-19-37(20-16-25)18-14-23-9-11-26(12-10-23)36-32-31-27(13-17-34-32)28(21-35-30(31)22-38)24-7-4-3-5-8-24/h3-5,7-13,17,21-22,25,30,33,35H,2,6,14-16,18-20H2,1H3,(H,34,36). The summed E-state index contributed by atoms with van der Waals surface area (Å²) in [7, 11) is 0. The minimum atomic E-state index is -0.456. The van der Waals surface area contributed by atoms with Crippen LogP contribution in [0, 0.1) is 11.3 Å². The summed E-state index contributed by atoms with van der Waals surface area (Å²) in [6.45, 7) is 5.39. The molecule has 196 valence electrons. The van der Waals surface area contributed by atoms with Crippen LogP contribution in [0.4, 0.5) is 11.5 Å². The Bertz CT molecular complexity index is 1280. The van der Waals surface area contributed by atoms with E-state index in [9.17, 15) is 4.79 Å². The van der Waals surface area contributed by atoms with E-state index in [-0.39, 0.29) is 0 Å². The average molecular weight is 508 g/mol. The number of carbonyl (C=O) groups excluding carboxylic acids is 1. The summed E-state index contributed by atoms with van der Waals surface area (Å²) in [5.74, 6) is 1.18. The molecule has 0 amide bonds. The molecule has 1 atom stereocenters. The summed E-state index contributed by atoms with van der Waals surface area (Å²) >= 11 is 0. The third-order valence-electron chi connectivity index (χ3n) is 7.75. The molecule has 5 rings (SSSR count). The van der Waals surface area contributed by atoms with Crippen molar-refractivity contribution in [3.8, 4) is 0 Å². The summed E-state index contributed by atoms with van der Waals surface area (Å²) < 4.78 is 0. The second-order valence-electron chi connectivity index (χ2n) is 10.3. The first-order chi connectivity index (χ1) is 18.7. The zero-order chi connectivity index (χ0) is 26.3. The normalized spacial score (nSPS) is 17.7. The van der Waals surface area contributed by atoms with Crippen molar-refractivity contribution in [3.63, 3.8) is 0 Å². The van der Waals surface area contributed by atoms with Crippen LogP contribution < -0.4 is 10.6 Å². The molecule has 38 heavy (non-hydrogen) atoms. The third kappa shape index (κ3) is 5.86. The maximum atomic E-state index is 11.9. The molecule has 0 spiro atoms. The largest absolute Gasteiger partial charge is 0.377 e. The van der Waals surface area contributed by atoms with Gasteiger partial charge in [0, 0.05) is 41.5 Å². The van der Waals surface area contributed by atoms with Gasteiger partial charge in [-0.2, -0.15) is 0 Å². The Morgan fingerprint density at radius 3 is 2.58 bits per heavy atom. The first kappa shape index (κ1) is 25.9. The molecule has 6 heteroatoms. The summed E-state index contributed by atoms with van der Waals surface area (Å²) in [4.78, 5) is 19.1. The summed E-state index contributed by atoms with van der Waals surface area (Å²) in [6, 6.07) is 20.2. The first-order valence-electron chi connectivity index (χ1n) is 13.8. The number of carbonyl (C=O) groups is 1. The topological polar surface area (TPSA) is 81.1 Å². The van der Waals surface area contributed by atoms with Crippen LogP contribution in [-0.2, 0) is 11.2 Å². The third-order valence-corrected chi connectivity index (χ3v) is 7.75. The van der Waals surface area contributed by atoms with Crippen molar-refractivity contribution >= 4 is 29.1 Å². The summed E-state index contributed by atoms with van der Waals surface area (Å²) in [6.07, 6.45) is 9.93. The number of hydrogen-bond acceptors (Lipinski definition) is 6. The van der Waals surface area contributed by atoms with E-state index in [4.69, 9.17) is 5.41 Å². The van der Waals surface area contributed by atoms with Crippen molar-refractivity contribution in [1.82, 2.24) is 15.2 Å². The number of aldehydes is 1. The number of likely N-dealkylation sites (tertiary alicyclic amines) is 1. The van der Waals surface area contributed by atoms with Gasteiger partial charge in [0.1, 0.15) is 18.1 Å². The van der Waals surface area contributed by atoms with Gasteiger partial charge in [-0.25, -0.2) is 4.98 Å². The minimum Gasteiger partial charge on any atom is -0.377 e. The molecule has 1 aromatic heterocycles. The number of fused-ring (bicyclic) bond motifs is 1. The Hall–Kier alpha value is -3.77. The van der Waals surface area contributed by atoms with E-state index < -0.39 is 6.04 Å². The number of anilines is 2. The minimum absolute atomic E-state index is 0.456. The molecule has 0 aliphatic carbocycles. The van der Waals surface area contributed by atoms with Crippen LogP contribution in [0.3, 0.4) is 0 Å². The van der Waals surface area contributed by atoms with E-state index in [1.54, 1.807) is 6.20 Å². The van der Waals surface area contributed by atoms with Gasteiger partial charge in [0.15, 0.2) is 0 Å². The molecule has 1 fully saturated rings. The zero-order valence-corrected chi connectivity index (χ0v) is 22.1. The van der Waals surface area contributed by atoms with Crippen LogP contribution >= 0.6 is 0 Å². The van der Waals surface area contributed by atoms with Crippen LogP contribution in [0.15, 0.2) is 73.1 Å². The van der Waals surface area contributed by atoms with Crippen LogP contribution in [0.25, 0.3) is 5.57 Å². The van der Waals surface area contributed by atoms with Gasteiger partial charge in [-0.05, 0) is 79.6 Å². The number of rotatable bonds is 10. The van der Waals surface area contributed by atoms with Crippen molar-refractivity contribution in [3.05, 3.63) is 95.3 Å². The molecule has 1 saturated heterocycles. The Morgan fingerprint density at radius 2 is 1.87 bits per heavy atom. The van der Waals surface area contributed by atoms with Crippen LogP contribution in [0.1, 0.15) is 60.9 Å². The highest BCUT2D eigenvalue weighted by molar-refractivity contribution is 5.88. The smallest absolute Gasteiger partial charge is 0.146 e. The highest BCUT2D eigenvalue weighted by atomic mass is 16.1. The molecule has 3 N–H and O–H groups in total. The quantitative estimate of drug-likeness (QED) is 0.227. The zero-order valence-electron chi connectivity index (χ0n) is 22.1. The van der Waals surface area contributed by atoms with Crippen LogP contribution in [-0.4, -0.2) is 41.5 Å². The fourth-order valence-electron chi connectivity index (χ4n) is 5.58. The number of nitrogens with zero attached hydrogens (tertiary/aromatic N) is 2. The Balaban J connectivity index is 1.23. The predicted molar refractivity (Wildman–Crippen MR) is 155 cm³/mol. The van der Waals surface area contributed by atoms with E-state index >= 15 is 0 Å². The van der Waals surface area contributed by atoms with Gasteiger partial charge in [-0.3, -0.25) is 0 Å². The van der Waals surface area contributed by atoms with Crippen LogP contribution in [0.2, 0.25) is 0 Å². The molecule has 6 nitrogen and oxygen atoms in total. The second kappa shape index (κ2) is 12.2. The lowest BCUT2D eigenvalue weighted by Gasteiger charge is -2.32. The fraction of sp³-hybridized carbons (Fsp3) is 0.344. The van der Waals surface area contributed by atoms with E-state index in [1.165, 1.54) is 5.56 Å². The lowest BCUT2D eigenvalue weighted by Crippen LogP contribution is -2.37. The highest BCUT2D eigenvalue weighted by Gasteiger charge is 2.26. The molecule has 2 aliphatic rings. The van der Waals surface area contributed by atoms with Crippen LogP contribution in [0.5, 0.6) is 0 Å². The van der Waals surface area contributed by atoms with E-state index in [0.717, 1.165) is 91.7 Å². The lowest BCUT2D eigenvalue weighted by molar-refractivity contribution is -0.109. The molecular weight excluding hydrogens is 470 g/mol. The Labute approximate surface area is 225 Å². The second-order valence-corrected chi connectivity index (χ2v) is 10.3. The number of aromatic nitrogens is 1. The molecule has 0 saturated carbocycles. The molecular formula is C32H37N5O. The molecule has 2 aliphatic heterocycles. The van der Waals surface area contributed by atoms with Gasteiger partial charge >= 0.3 is 0 Å². The van der Waals surface area contributed by atoms with Gasteiger partial charge in [0.2, 0.25) is 0 Å².